The van der Waals surface area contributed by atoms with E-state index in [-0.39, 0.29) is 5.69 Å². The van der Waals surface area contributed by atoms with E-state index in [2.05, 4.69) is 10.3 Å². The zero-order valence-corrected chi connectivity index (χ0v) is 10.7. The van der Waals surface area contributed by atoms with E-state index in [9.17, 15) is 4.79 Å². The van der Waals surface area contributed by atoms with Crippen molar-refractivity contribution in [3.63, 3.8) is 0 Å². The van der Waals surface area contributed by atoms with Gasteiger partial charge in [0.2, 0.25) is 0 Å². The number of esters is 1. The van der Waals surface area contributed by atoms with Gasteiger partial charge in [0.25, 0.3) is 0 Å². The number of nitrogens with zero attached hydrogens (tertiary/aromatic N) is 3. The number of carbonyl (C=O) groups excluding carboxylic acids is 1. The minimum Gasteiger partial charge on any atom is -0.461 e. The van der Waals surface area contributed by atoms with Crippen LogP contribution in [-0.2, 0) is 4.74 Å². The zero-order valence-electron chi connectivity index (χ0n) is 10.7. The van der Waals surface area contributed by atoms with Gasteiger partial charge in [-0.05, 0) is 38.5 Å². The molecule has 0 aliphatic heterocycles. The Hall–Kier alpha value is -2.17. The molecular weight excluding hydrogens is 230 g/mol. The second-order valence-corrected chi connectivity index (χ2v) is 3.99. The topological polar surface area (TPSA) is 57.0 Å². The molecule has 5 nitrogen and oxygen atoms in total. The molecule has 2 rings (SSSR count). The van der Waals surface area contributed by atoms with Crippen LogP contribution < -0.4 is 0 Å². The first kappa shape index (κ1) is 12.3. The van der Waals surface area contributed by atoms with Crippen molar-refractivity contribution in [2.45, 2.75) is 20.8 Å². The van der Waals surface area contributed by atoms with E-state index in [1.165, 1.54) is 0 Å². The Labute approximate surface area is 105 Å². The predicted octanol–water partition coefficient (Wildman–Crippen LogP) is 2.06. The summed E-state index contributed by atoms with van der Waals surface area (Å²) >= 11 is 0. The fraction of sp³-hybridized carbons (Fsp3) is 0.308. The Kier molecular flexibility index (Phi) is 3.41. The maximum absolute atomic E-state index is 11.6. The Morgan fingerprint density at radius 2 is 2.17 bits per heavy atom. The molecule has 0 unspecified atom stereocenters. The van der Waals surface area contributed by atoms with Gasteiger partial charge in [0, 0.05) is 0 Å². The van der Waals surface area contributed by atoms with Gasteiger partial charge in [-0.25, -0.2) is 9.48 Å². The van der Waals surface area contributed by atoms with Crippen LogP contribution in [-0.4, -0.2) is 27.6 Å². The molecule has 0 saturated carbocycles. The van der Waals surface area contributed by atoms with Crippen LogP contribution in [0.2, 0.25) is 0 Å². The number of hydrogen-bond donors (Lipinski definition) is 0. The van der Waals surface area contributed by atoms with Crippen molar-refractivity contribution in [3.05, 3.63) is 41.2 Å². The lowest BCUT2D eigenvalue weighted by Crippen LogP contribution is -2.07. The predicted molar refractivity (Wildman–Crippen MR) is 66.8 cm³/mol. The van der Waals surface area contributed by atoms with Crippen molar-refractivity contribution in [2.24, 2.45) is 0 Å². The summed E-state index contributed by atoms with van der Waals surface area (Å²) in [6, 6.07) is 7.85. The molecule has 94 valence electrons. The molecular formula is C13H15N3O2. The monoisotopic (exact) mass is 245 g/mol. The molecule has 1 aromatic heterocycles. The molecule has 0 N–H and O–H groups in total. The summed E-state index contributed by atoms with van der Waals surface area (Å²) in [6.45, 7) is 5.89. The van der Waals surface area contributed by atoms with Crippen molar-refractivity contribution in [1.29, 1.82) is 0 Å². The number of ether oxygens (including phenoxy) is 1. The van der Waals surface area contributed by atoms with Gasteiger partial charge in [0.05, 0.1) is 18.0 Å². The van der Waals surface area contributed by atoms with Crippen molar-refractivity contribution < 1.29 is 9.53 Å². The Morgan fingerprint density at radius 3 is 2.83 bits per heavy atom. The SMILES string of the molecule is CCOC(=O)c1nnn(-c2cccc(C)c2)c1C. The van der Waals surface area contributed by atoms with Gasteiger partial charge in [-0.1, -0.05) is 17.3 Å². The second-order valence-electron chi connectivity index (χ2n) is 3.99. The molecule has 0 saturated heterocycles. The molecule has 0 bridgehead atoms. The average molecular weight is 245 g/mol. The quantitative estimate of drug-likeness (QED) is 0.777. The minimum absolute atomic E-state index is 0.262. The van der Waals surface area contributed by atoms with E-state index >= 15 is 0 Å². The number of aromatic nitrogens is 3. The first-order chi connectivity index (χ1) is 8.63. The van der Waals surface area contributed by atoms with Crippen LogP contribution in [0.25, 0.3) is 5.69 Å². The van der Waals surface area contributed by atoms with Crippen molar-refractivity contribution >= 4 is 5.97 Å². The molecule has 18 heavy (non-hydrogen) atoms. The molecule has 5 heteroatoms. The summed E-state index contributed by atoms with van der Waals surface area (Å²) in [5, 5.41) is 7.87. The normalized spacial score (nSPS) is 10.4. The van der Waals surface area contributed by atoms with Gasteiger partial charge in [0.15, 0.2) is 5.69 Å². The van der Waals surface area contributed by atoms with Gasteiger partial charge < -0.3 is 4.74 Å². The third kappa shape index (κ3) is 2.25. The van der Waals surface area contributed by atoms with Gasteiger partial charge in [-0.2, -0.15) is 0 Å². The minimum atomic E-state index is -0.436. The number of hydrogen-bond acceptors (Lipinski definition) is 4. The van der Waals surface area contributed by atoms with E-state index in [0.29, 0.717) is 12.3 Å². The summed E-state index contributed by atoms with van der Waals surface area (Å²) in [4.78, 5) is 11.6. The molecule has 0 atom stereocenters. The highest BCUT2D eigenvalue weighted by molar-refractivity contribution is 5.88. The maximum Gasteiger partial charge on any atom is 0.360 e. The Balaban J connectivity index is 2.39. The summed E-state index contributed by atoms with van der Waals surface area (Å²) in [5.74, 6) is -0.436. The summed E-state index contributed by atoms with van der Waals surface area (Å²) < 4.78 is 6.57. The third-order valence-corrected chi connectivity index (χ3v) is 2.61. The van der Waals surface area contributed by atoms with Gasteiger partial charge >= 0.3 is 5.97 Å². The van der Waals surface area contributed by atoms with E-state index in [1.807, 2.05) is 31.2 Å². The Bertz CT molecular complexity index is 575. The van der Waals surface area contributed by atoms with Crippen LogP contribution in [0, 0.1) is 13.8 Å². The third-order valence-electron chi connectivity index (χ3n) is 2.61. The molecule has 0 amide bonds. The Morgan fingerprint density at radius 1 is 1.39 bits per heavy atom. The number of aryl methyl sites for hydroxylation is 1. The van der Waals surface area contributed by atoms with Gasteiger partial charge in [0.1, 0.15) is 0 Å². The molecule has 2 aromatic rings. The first-order valence-electron chi connectivity index (χ1n) is 5.80. The van der Waals surface area contributed by atoms with Crippen molar-refractivity contribution in [1.82, 2.24) is 15.0 Å². The fourth-order valence-electron chi connectivity index (χ4n) is 1.72. The smallest absolute Gasteiger partial charge is 0.360 e. The van der Waals surface area contributed by atoms with E-state index in [1.54, 1.807) is 18.5 Å². The standard InChI is InChI=1S/C13H15N3O2/c1-4-18-13(17)12-10(3)16(15-14-12)11-7-5-6-9(2)8-11/h5-8H,4H2,1-3H3. The molecule has 0 aliphatic carbocycles. The highest BCUT2D eigenvalue weighted by Crippen LogP contribution is 2.14. The number of rotatable bonds is 3. The largest absolute Gasteiger partial charge is 0.461 e. The lowest BCUT2D eigenvalue weighted by molar-refractivity contribution is 0.0518. The van der Waals surface area contributed by atoms with Crippen LogP contribution in [0.5, 0.6) is 0 Å². The van der Waals surface area contributed by atoms with Crippen LogP contribution in [0.4, 0.5) is 0 Å². The van der Waals surface area contributed by atoms with Crippen LogP contribution in [0.15, 0.2) is 24.3 Å². The highest BCUT2D eigenvalue weighted by Gasteiger charge is 2.18. The summed E-state index contributed by atoms with van der Waals surface area (Å²) in [5.41, 5.74) is 2.95. The van der Waals surface area contributed by atoms with Gasteiger partial charge in [-0.15, -0.1) is 5.10 Å². The first-order valence-corrected chi connectivity index (χ1v) is 5.80. The van der Waals surface area contributed by atoms with Crippen molar-refractivity contribution in [2.75, 3.05) is 6.61 Å². The van der Waals surface area contributed by atoms with E-state index in [0.717, 1.165) is 11.3 Å². The molecule has 1 aromatic carbocycles. The van der Waals surface area contributed by atoms with Gasteiger partial charge in [-0.3, -0.25) is 0 Å². The molecule has 1 heterocycles. The second kappa shape index (κ2) is 5.00. The zero-order chi connectivity index (χ0) is 13.1. The lowest BCUT2D eigenvalue weighted by Gasteiger charge is -2.04. The molecule has 0 radical (unpaired) electrons. The highest BCUT2D eigenvalue weighted by atomic mass is 16.5. The number of carbonyl (C=O) groups is 1. The van der Waals surface area contributed by atoms with Crippen LogP contribution in [0.3, 0.4) is 0 Å². The lowest BCUT2D eigenvalue weighted by atomic mass is 10.2. The van der Waals surface area contributed by atoms with Crippen molar-refractivity contribution in [3.8, 4) is 5.69 Å². The van der Waals surface area contributed by atoms with E-state index in [4.69, 9.17) is 4.74 Å². The molecule has 0 fully saturated rings. The van der Waals surface area contributed by atoms with Crippen LogP contribution in [0.1, 0.15) is 28.7 Å². The van der Waals surface area contributed by atoms with E-state index < -0.39 is 5.97 Å². The van der Waals surface area contributed by atoms with Crippen LogP contribution >= 0.6 is 0 Å². The summed E-state index contributed by atoms with van der Waals surface area (Å²) in [7, 11) is 0. The fourth-order valence-corrected chi connectivity index (χ4v) is 1.72. The maximum atomic E-state index is 11.6. The molecule has 0 aliphatic rings. The average Bonchev–Trinajstić information content (AvgIpc) is 2.71. The molecule has 0 spiro atoms. The summed E-state index contributed by atoms with van der Waals surface area (Å²) in [6.07, 6.45) is 0. The number of benzene rings is 1.